The van der Waals surface area contributed by atoms with Crippen LogP contribution in [0.2, 0.25) is 5.02 Å². The number of hydrogen-bond acceptors (Lipinski definition) is 3. The van der Waals surface area contributed by atoms with E-state index < -0.39 is 6.10 Å². The van der Waals surface area contributed by atoms with Gasteiger partial charge in [-0.25, -0.2) is 0 Å². The number of phenols is 1. The van der Waals surface area contributed by atoms with Crippen LogP contribution in [0.3, 0.4) is 0 Å². The molecule has 0 bridgehead atoms. The quantitative estimate of drug-likeness (QED) is 0.684. The van der Waals surface area contributed by atoms with Crippen LogP contribution in [0.5, 0.6) is 5.75 Å². The van der Waals surface area contributed by atoms with Crippen molar-refractivity contribution in [1.82, 2.24) is 0 Å². The predicted octanol–water partition coefficient (Wildman–Crippen LogP) is 0.941. The maximum Gasteiger partial charge on any atom is 0.118 e. The first-order chi connectivity index (χ1) is 6.13. The van der Waals surface area contributed by atoms with Gasteiger partial charge in [0.25, 0.3) is 0 Å². The van der Waals surface area contributed by atoms with Crippen LogP contribution in [-0.4, -0.2) is 28.0 Å². The van der Waals surface area contributed by atoms with Crippen molar-refractivity contribution in [2.75, 3.05) is 6.61 Å². The zero-order chi connectivity index (χ0) is 9.84. The summed E-state index contributed by atoms with van der Waals surface area (Å²) in [6, 6.07) is 4.59. The second kappa shape index (κ2) is 4.46. The fraction of sp³-hybridized carbons (Fsp3) is 0.333. The summed E-state index contributed by atoms with van der Waals surface area (Å²) in [6.07, 6.45) is -0.660. The molecule has 4 heteroatoms. The molecule has 72 valence electrons. The molecule has 1 atom stereocenters. The number of rotatable bonds is 3. The molecule has 0 amide bonds. The minimum Gasteiger partial charge on any atom is -0.508 e. The van der Waals surface area contributed by atoms with Crippen molar-refractivity contribution in [2.24, 2.45) is 0 Å². The molecule has 0 saturated heterocycles. The highest BCUT2D eigenvalue weighted by Crippen LogP contribution is 2.22. The van der Waals surface area contributed by atoms with Crippen molar-refractivity contribution in [3.05, 3.63) is 28.8 Å². The molecule has 1 rings (SSSR count). The van der Waals surface area contributed by atoms with E-state index in [1.807, 2.05) is 0 Å². The molecule has 0 saturated carbocycles. The van der Waals surface area contributed by atoms with Crippen molar-refractivity contribution < 1.29 is 15.3 Å². The minimum atomic E-state index is -0.857. The van der Waals surface area contributed by atoms with E-state index in [0.717, 1.165) is 0 Å². The topological polar surface area (TPSA) is 60.7 Å². The molecule has 1 aromatic carbocycles. The smallest absolute Gasteiger partial charge is 0.118 e. The third-order valence-electron chi connectivity index (χ3n) is 1.71. The molecule has 0 spiro atoms. The molecule has 0 radical (unpaired) electrons. The first-order valence-electron chi connectivity index (χ1n) is 3.90. The Labute approximate surface area is 81.2 Å². The van der Waals surface area contributed by atoms with E-state index in [1.165, 1.54) is 6.07 Å². The lowest BCUT2D eigenvalue weighted by molar-refractivity contribution is 0.0950. The Morgan fingerprint density at radius 2 is 2.08 bits per heavy atom. The van der Waals surface area contributed by atoms with Gasteiger partial charge >= 0.3 is 0 Å². The van der Waals surface area contributed by atoms with E-state index in [0.29, 0.717) is 10.6 Å². The van der Waals surface area contributed by atoms with Crippen LogP contribution in [0.25, 0.3) is 0 Å². The van der Waals surface area contributed by atoms with Crippen molar-refractivity contribution in [3.63, 3.8) is 0 Å². The van der Waals surface area contributed by atoms with Gasteiger partial charge in [-0.05, 0) is 23.8 Å². The van der Waals surface area contributed by atoms with E-state index in [-0.39, 0.29) is 18.8 Å². The second-order valence-electron chi connectivity index (χ2n) is 2.81. The maximum atomic E-state index is 9.33. The lowest BCUT2D eigenvalue weighted by atomic mass is 10.1. The van der Waals surface area contributed by atoms with Gasteiger partial charge in [-0.15, -0.1) is 0 Å². The summed E-state index contributed by atoms with van der Waals surface area (Å²) in [5.74, 6) is 0.0805. The van der Waals surface area contributed by atoms with Crippen LogP contribution in [0.15, 0.2) is 18.2 Å². The Morgan fingerprint density at radius 1 is 1.38 bits per heavy atom. The number of aliphatic hydroxyl groups excluding tert-OH is 2. The average molecular weight is 203 g/mol. The highest BCUT2D eigenvalue weighted by Gasteiger charge is 2.08. The molecule has 0 aliphatic rings. The van der Waals surface area contributed by atoms with Crippen LogP contribution in [-0.2, 0) is 6.42 Å². The summed E-state index contributed by atoms with van der Waals surface area (Å²) < 4.78 is 0. The fourth-order valence-corrected chi connectivity index (χ4v) is 1.23. The summed E-state index contributed by atoms with van der Waals surface area (Å²) in [4.78, 5) is 0. The Hall–Kier alpha value is -0.770. The molecule has 1 unspecified atom stereocenters. The highest BCUT2D eigenvalue weighted by molar-refractivity contribution is 6.30. The van der Waals surface area contributed by atoms with Crippen LogP contribution in [0.4, 0.5) is 0 Å². The molecule has 0 aromatic heterocycles. The van der Waals surface area contributed by atoms with E-state index in [9.17, 15) is 5.11 Å². The highest BCUT2D eigenvalue weighted by atomic mass is 35.5. The number of aliphatic hydroxyl groups is 2. The van der Waals surface area contributed by atoms with Crippen LogP contribution in [0, 0.1) is 0 Å². The largest absolute Gasteiger partial charge is 0.508 e. The van der Waals surface area contributed by atoms with Gasteiger partial charge in [-0.2, -0.15) is 0 Å². The van der Waals surface area contributed by atoms with Gasteiger partial charge in [-0.3, -0.25) is 0 Å². The zero-order valence-corrected chi connectivity index (χ0v) is 7.70. The van der Waals surface area contributed by atoms with Crippen LogP contribution >= 0.6 is 11.6 Å². The molecule has 0 aliphatic heterocycles. The Morgan fingerprint density at radius 3 is 2.69 bits per heavy atom. The van der Waals surface area contributed by atoms with Gasteiger partial charge < -0.3 is 15.3 Å². The Bertz CT molecular complexity index is 288. The molecule has 3 nitrogen and oxygen atoms in total. The normalized spacial score (nSPS) is 12.8. The third kappa shape index (κ3) is 2.88. The summed E-state index contributed by atoms with van der Waals surface area (Å²) in [7, 11) is 0. The van der Waals surface area contributed by atoms with Gasteiger partial charge in [-0.1, -0.05) is 11.6 Å². The summed E-state index contributed by atoms with van der Waals surface area (Å²) in [5.41, 5.74) is 0.536. The first kappa shape index (κ1) is 10.3. The van der Waals surface area contributed by atoms with E-state index in [4.69, 9.17) is 21.8 Å². The number of aromatic hydroxyl groups is 1. The SMILES string of the molecule is OCC(O)Cc1cc(Cl)ccc1O. The summed E-state index contributed by atoms with van der Waals surface area (Å²) in [6.45, 7) is -0.327. The summed E-state index contributed by atoms with van der Waals surface area (Å²) >= 11 is 5.69. The van der Waals surface area contributed by atoms with Crippen molar-refractivity contribution in [3.8, 4) is 5.75 Å². The number of hydrogen-bond donors (Lipinski definition) is 3. The zero-order valence-electron chi connectivity index (χ0n) is 6.94. The van der Waals surface area contributed by atoms with E-state index in [2.05, 4.69) is 0 Å². The molecule has 0 fully saturated rings. The van der Waals surface area contributed by atoms with E-state index >= 15 is 0 Å². The lowest BCUT2D eigenvalue weighted by Gasteiger charge is -2.08. The van der Waals surface area contributed by atoms with Gasteiger partial charge in [0.05, 0.1) is 12.7 Å². The minimum absolute atomic E-state index is 0.0805. The van der Waals surface area contributed by atoms with Gasteiger partial charge in [0.15, 0.2) is 0 Å². The Kier molecular flexibility index (Phi) is 3.54. The van der Waals surface area contributed by atoms with Crippen molar-refractivity contribution >= 4 is 11.6 Å². The summed E-state index contributed by atoms with van der Waals surface area (Å²) in [5, 5.41) is 27.5. The molecule has 0 aliphatic carbocycles. The van der Waals surface area contributed by atoms with Gasteiger partial charge in [0, 0.05) is 11.4 Å². The number of phenolic OH excluding ortho intramolecular Hbond substituents is 1. The van der Waals surface area contributed by atoms with Gasteiger partial charge in [0.2, 0.25) is 0 Å². The molecule has 3 N–H and O–H groups in total. The Balaban J connectivity index is 2.81. The third-order valence-corrected chi connectivity index (χ3v) is 1.94. The maximum absolute atomic E-state index is 9.33. The molecule has 1 aromatic rings. The van der Waals surface area contributed by atoms with Crippen LogP contribution < -0.4 is 0 Å². The predicted molar refractivity (Wildman–Crippen MR) is 49.9 cm³/mol. The van der Waals surface area contributed by atoms with Crippen LogP contribution in [0.1, 0.15) is 5.56 Å². The van der Waals surface area contributed by atoms with Gasteiger partial charge in [0.1, 0.15) is 5.75 Å². The number of benzene rings is 1. The lowest BCUT2D eigenvalue weighted by Crippen LogP contribution is -2.15. The molecular formula is C9H11ClO3. The fourth-order valence-electron chi connectivity index (χ4n) is 1.04. The first-order valence-corrected chi connectivity index (χ1v) is 4.27. The van der Waals surface area contributed by atoms with E-state index in [1.54, 1.807) is 12.1 Å². The second-order valence-corrected chi connectivity index (χ2v) is 3.25. The number of halogens is 1. The molecule has 13 heavy (non-hydrogen) atoms. The standard InChI is InChI=1S/C9H11ClO3/c10-7-1-2-9(13)6(3-7)4-8(12)5-11/h1-3,8,11-13H,4-5H2. The van der Waals surface area contributed by atoms with Crippen molar-refractivity contribution in [2.45, 2.75) is 12.5 Å². The monoisotopic (exact) mass is 202 g/mol. The molecule has 0 heterocycles. The van der Waals surface area contributed by atoms with Crippen molar-refractivity contribution in [1.29, 1.82) is 0 Å². The molecular weight excluding hydrogens is 192 g/mol. The average Bonchev–Trinajstić information content (AvgIpc) is 2.11.